The second-order valence-corrected chi connectivity index (χ2v) is 6.99. The highest BCUT2D eigenvalue weighted by atomic mass is 16.4. The SMILES string of the molecule is O=C(NCc1nnc(C2CC2)o1)[C@H]1CCCCN1Cc1ccccc1. The number of nitrogens with zero attached hydrogens (tertiary/aromatic N) is 3. The van der Waals surface area contributed by atoms with Gasteiger partial charge in [-0.05, 0) is 37.8 Å². The first-order chi connectivity index (χ1) is 12.3. The number of piperidine rings is 1. The van der Waals surface area contributed by atoms with E-state index in [9.17, 15) is 4.79 Å². The monoisotopic (exact) mass is 340 g/mol. The van der Waals surface area contributed by atoms with Gasteiger partial charge in [-0.1, -0.05) is 36.8 Å². The molecule has 0 radical (unpaired) electrons. The largest absolute Gasteiger partial charge is 0.423 e. The van der Waals surface area contributed by atoms with Crippen molar-refractivity contribution in [3.05, 3.63) is 47.7 Å². The molecule has 4 rings (SSSR count). The minimum Gasteiger partial charge on any atom is -0.423 e. The normalized spacial score (nSPS) is 21.2. The van der Waals surface area contributed by atoms with Crippen molar-refractivity contribution in [3.63, 3.8) is 0 Å². The van der Waals surface area contributed by atoms with E-state index in [0.717, 1.165) is 45.2 Å². The second kappa shape index (κ2) is 7.35. The smallest absolute Gasteiger partial charge is 0.237 e. The van der Waals surface area contributed by atoms with Crippen molar-refractivity contribution in [1.29, 1.82) is 0 Å². The molecular formula is C19H24N4O2. The van der Waals surface area contributed by atoms with E-state index in [2.05, 4.69) is 32.5 Å². The first-order valence-corrected chi connectivity index (χ1v) is 9.17. The van der Waals surface area contributed by atoms with Crippen LogP contribution in [0.1, 0.15) is 55.4 Å². The Labute approximate surface area is 147 Å². The summed E-state index contributed by atoms with van der Waals surface area (Å²) in [5.41, 5.74) is 1.24. The number of amides is 1. The lowest BCUT2D eigenvalue weighted by Gasteiger charge is -2.34. The van der Waals surface area contributed by atoms with Crippen LogP contribution in [0.4, 0.5) is 0 Å². The number of carbonyl (C=O) groups is 1. The van der Waals surface area contributed by atoms with Gasteiger partial charge in [0.15, 0.2) is 0 Å². The number of aromatic nitrogens is 2. The second-order valence-electron chi connectivity index (χ2n) is 6.99. The number of hydrogen-bond acceptors (Lipinski definition) is 5. The van der Waals surface area contributed by atoms with Crippen LogP contribution in [-0.4, -0.2) is 33.6 Å². The number of rotatable bonds is 6. The van der Waals surface area contributed by atoms with Gasteiger partial charge in [-0.15, -0.1) is 10.2 Å². The van der Waals surface area contributed by atoms with Crippen LogP contribution in [0, 0.1) is 0 Å². The van der Waals surface area contributed by atoms with E-state index in [1.165, 1.54) is 5.56 Å². The minimum absolute atomic E-state index is 0.0572. The summed E-state index contributed by atoms with van der Waals surface area (Å²) in [5.74, 6) is 1.71. The van der Waals surface area contributed by atoms with Crippen LogP contribution in [0.15, 0.2) is 34.7 Å². The fraction of sp³-hybridized carbons (Fsp3) is 0.526. The van der Waals surface area contributed by atoms with Crippen LogP contribution in [0.2, 0.25) is 0 Å². The Morgan fingerprint density at radius 1 is 1.16 bits per heavy atom. The average Bonchev–Trinajstić information content (AvgIpc) is 3.39. The molecule has 1 N–H and O–H groups in total. The first kappa shape index (κ1) is 16.3. The standard InChI is InChI=1S/C19H24N4O2/c24-18(20-12-17-21-22-19(25-17)15-9-10-15)16-8-4-5-11-23(16)13-14-6-2-1-3-7-14/h1-3,6-7,15-16H,4-5,8-13H2,(H,20,24)/t16-/m1/s1. The van der Waals surface area contributed by atoms with Crippen molar-refractivity contribution in [2.75, 3.05) is 6.54 Å². The van der Waals surface area contributed by atoms with Crippen molar-refractivity contribution in [2.45, 2.75) is 57.2 Å². The lowest BCUT2D eigenvalue weighted by molar-refractivity contribution is -0.128. The molecule has 132 valence electrons. The average molecular weight is 340 g/mol. The predicted octanol–water partition coefficient (Wildman–Crippen LogP) is 2.62. The summed E-state index contributed by atoms with van der Waals surface area (Å²) in [6.07, 6.45) is 5.39. The number of likely N-dealkylation sites (tertiary alicyclic amines) is 1. The van der Waals surface area contributed by atoms with Crippen LogP contribution in [0.25, 0.3) is 0 Å². The van der Waals surface area contributed by atoms with Gasteiger partial charge in [0.2, 0.25) is 17.7 Å². The van der Waals surface area contributed by atoms with Crippen molar-refractivity contribution in [1.82, 2.24) is 20.4 Å². The molecule has 25 heavy (non-hydrogen) atoms. The summed E-state index contributed by atoms with van der Waals surface area (Å²) < 4.78 is 5.62. The van der Waals surface area contributed by atoms with E-state index in [0.29, 0.717) is 24.2 Å². The molecule has 1 atom stereocenters. The van der Waals surface area contributed by atoms with Crippen LogP contribution in [-0.2, 0) is 17.9 Å². The molecule has 0 bridgehead atoms. The van der Waals surface area contributed by atoms with Crippen molar-refractivity contribution in [3.8, 4) is 0 Å². The molecule has 2 heterocycles. The van der Waals surface area contributed by atoms with Gasteiger partial charge in [-0.3, -0.25) is 9.69 Å². The molecule has 0 unspecified atom stereocenters. The fourth-order valence-electron chi connectivity index (χ4n) is 3.41. The third-order valence-corrected chi connectivity index (χ3v) is 4.97. The van der Waals surface area contributed by atoms with Gasteiger partial charge in [0.1, 0.15) is 0 Å². The molecule has 6 nitrogen and oxygen atoms in total. The maximum Gasteiger partial charge on any atom is 0.237 e. The maximum atomic E-state index is 12.7. The summed E-state index contributed by atoms with van der Waals surface area (Å²) in [5, 5.41) is 11.1. The molecule has 6 heteroatoms. The van der Waals surface area contributed by atoms with E-state index in [-0.39, 0.29) is 11.9 Å². The highest BCUT2D eigenvalue weighted by Gasteiger charge is 2.30. The van der Waals surface area contributed by atoms with E-state index in [1.54, 1.807) is 0 Å². The molecule has 1 amide bonds. The van der Waals surface area contributed by atoms with Crippen molar-refractivity contribution in [2.24, 2.45) is 0 Å². The molecule has 1 aromatic carbocycles. The summed E-state index contributed by atoms with van der Waals surface area (Å²) in [6.45, 7) is 2.08. The van der Waals surface area contributed by atoms with Gasteiger partial charge in [0.05, 0.1) is 12.6 Å². The first-order valence-electron chi connectivity index (χ1n) is 9.17. The zero-order chi connectivity index (χ0) is 17.1. The van der Waals surface area contributed by atoms with Gasteiger partial charge < -0.3 is 9.73 Å². The Kier molecular flexibility index (Phi) is 4.78. The van der Waals surface area contributed by atoms with Crippen molar-refractivity contribution >= 4 is 5.91 Å². The van der Waals surface area contributed by atoms with E-state index < -0.39 is 0 Å². The lowest BCUT2D eigenvalue weighted by atomic mass is 10.0. The number of nitrogens with one attached hydrogen (secondary N) is 1. The summed E-state index contributed by atoms with van der Waals surface area (Å²) >= 11 is 0. The van der Waals surface area contributed by atoms with Gasteiger partial charge in [0.25, 0.3) is 0 Å². The van der Waals surface area contributed by atoms with Crippen LogP contribution >= 0.6 is 0 Å². The third kappa shape index (κ3) is 4.07. The Hall–Kier alpha value is -2.21. The molecule has 0 spiro atoms. The topological polar surface area (TPSA) is 71.3 Å². The maximum absolute atomic E-state index is 12.7. The highest BCUT2D eigenvalue weighted by molar-refractivity contribution is 5.81. The molecule has 1 saturated carbocycles. The summed E-state index contributed by atoms with van der Waals surface area (Å²) in [7, 11) is 0. The molecule has 1 saturated heterocycles. The highest BCUT2D eigenvalue weighted by Crippen LogP contribution is 2.38. The Bertz CT molecular complexity index is 711. The number of benzene rings is 1. The Morgan fingerprint density at radius 2 is 2.00 bits per heavy atom. The Morgan fingerprint density at radius 3 is 2.80 bits per heavy atom. The molecule has 1 aliphatic carbocycles. The molecular weight excluding hydrogens is 316 g/mol. The quantitative estimate of drug-likeness (QED) is 0.875. The van der Waals surface area contributed by atoms with Crippen LogP contribution in [0.3, 0.4) is 0 Å². The molecule has 1 aromatic heterocycles. The van der Waals surface area contributed by atoms with E-state index in [1.807, 2.05) is 18.2 Å². The van der Waals surface area contributed by atoms with Crippen molar-refractivity contribution < 1.29 is 9.21 Å². The molecule has 2 fully saturated rings. The fourth-order valence-corrected chi connectivity index (χ4v) is 3.41. The molecule has 2 aromatic rings. The van der Waals surface area contributed by atoms with Gasteiger partial charge in [0, 0.05) is 12.5 Å². The Balaban J connectivity index is 1.34. The zero-order valence-corrected chi connectivity index (χ0v) is 14.4. The van der Waals surface area contributed by atoms with Crippen LogP contribution in [0.5, 0.6) is 0 Å². The summed E-state index contributed by atoms with van der Waals surface area (Å²) in [6, 6.07) is 10.2. The molecule has 2 aliphatic rings. The van der Waals surface area contributed by atoms with Gasteiger partial charge in [-0.2, -0.15) is 0 Å². The minimum atomic E-state index is -0.0835. The lowest BCUT2D eigenvalue weighted by Crippen LogP contribution is -2.48. The van der Waals surface area contributed by atoms with Crippen LogP contribution < -0.4 is 5.32 Å². The van der Waals surface area contributed by atoms with Gasteiger partial charge in [-0.25, -0.2) is 0 Å². The van der Waals surface area contributed by atoms with E-state index in [4.69, 9.17) is 4.42 Å². The number of carbonyl (C=O) groups excluding carboxylic acids is 1. The molecule has 1 aliphatic heterocycles. The number of hydrogen-bond donors (Lipinski definition) is 1. The zero-order valence-electron chi connectivity index (χ0n) is 14.4. The van der Waals surface area contributed by atoms with Gasteiger partial charge >= 0.3 is 0 Å². The van der Waals surface area contributed by atoms with E-state index >= 15 is 0 Å². The third-order valence-electron chi connectivity index (χ3n) is 4.97. The summed E-state index contributed by atoms with van der Waals surface area (Å²) in [4.78, 5) is 15.0. The predicted molar refractivity (Wildman–Crippen MR) is 92.6 cm³/mol.